The Morgan fingerprint density at radius 3 is 2.55 bits per heavy atom. The average molecular weight is 331 g/mol. The predicted molar refractivity (Wildman–Crippen MR) is 77.9 cm³/mol. The normalized spacial score (nSPS) is 9.77. The molecule has 9 heteroatoms. The first-order valence-electron chi connectivity index (χ1n) is 6.15. The molecule has 0 spiro atoms. The van der Waals surface area contributed by atoms with Gasteiger partial charge in [0.05, 0.1) is 24.4 Å². The number of esters is 1. The van der Waals surface area contributed by atoms with Crippen LogP contribution in [0.4, 0.5) is 10.5 Å². The number of methoxy groups -OCH3 is 1. The first-order valence-corrected chi connectivity index (χ1v) is 6.53. The maximum atomic E-state index is 11.9. The van der Waals surface area contributed by atoms with Crippen molar-refractivity contribution < 1.29 is 28.6 Å². The maximum Gasteiger partial charge on any atom is 0.413 e. The Morgan fingerprint density at radius 2 is 1.95 bits per heavy atom. The lowest BCUT2D eigenvalue weighted by Crippen LogP contribution is -2.34. The van der Waals surface area contributed by atoms with Crippen LogP contribution < -0.4 is 15.8 Å². The summed E-state index contributed by atoms with van der Waals surface area (Å²) in [4.78, 5) is 34.3. The van der Waals surface area contributed by atoms with Gasteiger partial charge in [-0.2, -0.15) is 0 Å². The number of anilines is 1. The standard InChI is InChI=1S/C13H15ClN2O6/c1-3-21-13(19)16-11(17)6-22-12(18)7-4-8(14)9(15)5-10(7)20-2/h4-5H,3,6,15H2,1-2H3,(H,16,17,19). The van der Waals surface area contributed by atoms with E-state index >= 15 is 0 Å². The average Bonchev–Trinajstić information content (AvgIpc) is 2.47. The monoisotopic (exact) mass is 330 g/mol. The van der Waals surface area contributed by atoms with E-state index in [-0.39, 0.29) is 28.6 Å². The van der Waals surface area contributed by atoms with Crippen LogP contribution in [0.5, 0.6) is 5.75 Å². The Morgan fingerprint density at radius 1 is 1.27 bits per heavy atom. The summed E-state index contributed by atoms with van der Waals surface area (Å²) in [7, 11) is 1.34. The molecule has 22 heavy (non-hydrogen) atoms. The van der Waals surface area contributed by atoms with Gasteiger partial charge in [-0.25, -0.2) is 9.59 Å². The first-order chi connectivity index (χ1) is 10.4. The number of rotatable bonds is 5. The number of nitrogens with one attached hydrogen (secondary N) is 1. The second-order valence-corrected chi connectivity index (χ2v) is 4.33. The summed E-state index contributed by atoms with van der Waals surface area (Å²) < 4.78 is 14.3. The summed E-state index contributed by atoms with van der Waals surface area (Å²) in [5, 5.41) is 2.02. The fourth-order valence-corrected chi connectivity index (χ4v) is 1.59. The topological polar surface area (TPSA) is 117 Å². The number of ether oxygens (including phenoxy) is 3. The zero-order chi connectivity index (χ0) is 16.7. The number of carbonyl (C=O) groups excluding carboxylic acids is 3. The highest BCUT2D eigenvalue weighted by Gasteiger charge is 2.18. The van der Waals surface area contributed by atoms with Gasteiger partial charge in [0.1, 0.15) is 11.3 Å². The number of carbonyl (C=O) groups is 3. The molecular formula is C13H15ClN2O6. The minimum absolute atomic E-state index is 0.00522. The van der Waals surface area contributed by atoms with E-state index in [1.807, 2.05) is 5.32 Å². The van der Waals surface area contributed by atoms with Crippen LogP contribution in [0.1, 0.15) is 17.3 Å². The highest BCUT2D eigenvalue weighted by atomic mass is 35.5. The second-order valence-electron chi connectivity index (χ2n) is 3.92. The van der Waals surface area contributed by atoms with Crippen LogP contribution in [-0.4, -0.2) is 38.3 Å². The number of imide groups is 1. The van der Waals surface area contributed by atoms with Crippen LogP contribution >= 0.6 is 11.6 Å². The zero-order valence-corrected chi connectivity index (χ0v) is 12.7. The SMILES string of the molecule is CCOC(=O)NC(=O)COC(=O)c1cc(Cl)c(N)cc1OC. The van der Waals surface area contributed by atoms with Gasteiger partial charge in [-0.3, -0.25) is 10.1 Å². The Labute approximate surface area is 131 Å². The van der Waals surface area contributed by atoms with Crippen molar-refractivity contribution in [1.29, 1.82) is 0 Å². The van der Waals surface area contributed by atoms with E-state index in [9.17, 15) is 14.4 Å². The number of nitrogens with two attached hydrogens (primary N) is 1. The molecule has 0 saturated heterocycles. The highest BCUT2D eigenvalue weighted by molar-refractivity contribution is 6.33. The summed E-state index contributed by atoms with van der Waals surface area (Å²) in [6, 6.07) is 2.62. The molecule has 0 aliphatic rings. The third-order valence-electron chi connectivity index (χ3n) is 2.39. The van der Waals surface area contributed by atoms with E-state index in [0.29, 0.717) is 0 Å². The Kier molecular flexibility index (Phi) is 6.46. The van der Waals surface area contributed by atoms with Gasteiger partial charge < -0.3 is 19.9 Å². The molecule has 2 amide bonds. The van der Waals surface area contributed by atoms with Gasteiger partial charge in [0.2, 0.25) is 0 Å². The zero-order valence-electron chi connectivity index (χ0n) is 12.0. The van der Waals surface area contributed by atoms with Crippen molar-refractivity contribution >= 4 is 35.3 Å². The van der Waals surface area contributed by atoms with Crippen molar-refractivity contribution in [2.75, 3.05) is 26.1 Å². The van der Waals surface area contributed by atoms with Gasteiger partial charge in [-0.15, -0.1) is 0 Å². The lowest BCUT2D eigenvalue weighted by atomic mass is 10.2. The molecule has 0 aliphatic heterocycles. The van der Waals surface area contributed by atoms with E-state index in [1.54, 1.807) is 6.92 Å². The smallest absolute Gasteiger partial charge is 0.413 e. The van der Waals surface area contributed by atoms with Gasteiger partial charge in [-0.05, 0) is 13.0 Å². The largest absolute Gasteiger partial charge is 0.496 e. The molecule has 0 aliphatic carbocycles. The minimum Gasteiger partial charge on any atom is -0.496 e. The van der Waals surface area contributed by atoms with Crippen molar-refractivity contribution in [2.45, 2.75) is 6.92 Å². The van der Waals surface area contributed by atoms with Gasteiger partial charge in [0, 0.05) is 6.07 Å². The number of hydrogen-bond donors (Lipinski definition) is 2. The molecule has 1 rings (SSSR count). The van der Waals surface area contributed by atoms with Crippen LogP contribution in [0.25, 0.3) is 0 Å². The molecule has 0 atom stereocenters. The summed E-state index contributed by atoms with van der Waals surface area (Å²) in [5.74, 6) is -1.53. The fraction of sp³-hybridized carbons (Fsp3) is 0.308. The number of alkyl carbamates (subject to hydrolysis) is 1. The second kappa shape index (κ2) is 8.08. The molecule has 0 aromatic heterocycles. The van der Waals surface area contributed by atoms with Crippen LogP contribution in [0.2, 0.25) is 5.02 Å². The number of hydrogen-bond acceptors (Lipinski definition) is 7. The van der Waals surface area contributed by atoms with Crippen molar-refractivity contribution in [3.05, 3.63) is 22.7 Å². The van der Waals surface area contributed by atoms with Crippen LogP contribution in [-0.2, 0) is 14.3 Å². The van der Waals surface area contributed by atoms with Gasteiger partial charge >= 0.3 is 12.1 Å². The van der Waals surface area contributed by atoms with E-state index in [1.165, 1.54) is 19.2 Å². The molecule has 8 nitrogen and oxygen atoms in total. The Hall–Kier alpha value is -2.48. The minimum atomic E-state index is -0.920. The van der Waals surface area contributed by atoms with Crippen LogP contribution in [0.3, 0.4) is 0 Å². The summed E-state index contributed by atoms with van der Waals surface area (Å²) >= 11 is 5.82. The molecule has 0 radical (unpaired) electrons. The van der Waals surface area contributed by atoms with E-state index in [0.717, 1.165) is 0 Å². The van der Waals surface area contributed by atoms with Gasteiger partial charge in [0.15, 0.2) is 6.61 Å². The quantitative estimate of drug-likeness (QED) is 0.618. The third kappa shape index (κ3) is 4.81. The number of halogens is 1. The Bertz CT molecular complexity index is 590. The lowest BCUT2D eigenvalue weighted by molar-refractivity contribution is -0.123. The first kappa shape index (κ1) is 17.6. The maximum absolute atomic E-state index is 11.9. The molecule has 1 aromatic rings. The molecule has 0 saturated carbocycles. The highest BCUT2D eigenvalue weighted by Crippen LogP contribution is 2.29. The van der Waals surface area contributed by atoms with Crippen LogP contribution in [0, 0.1) is 0 Å². The number of benzene rings is 1. The molecule has 3 N–H and O–H groups in total. The van der Waals surface area contributed by atoms with Gasteiger partial charge in [-0.1, -0.05) is 11.6 Å². The third-order valence-corrected chi connectivity index (χ3v) is 2.72. The molecule has 0 unspecified atom stereocenters. The molecule has 0 fully saturated rings. The predicted octanol–water partition coefficient (Wildman–Crippen LogP) is 1.36. The van der Waals surface area contributed by atoms with E-state index in [2.05, 4.69) is 4.74 Å². The number of amides is 2. The number of nitrogen functional groups attached to an aromatic ring is 1. The van der Waals surface area contributed by atoms with Crippen molar-refractivity contribution in [3.63, 3.8) is 0 Å². The molecule has 1 aromatic carbocycles. The molecule has 0 bridgehead atoms. The lowest BCUT2D eigenvalue weighted by Gasteiger charge is -2.10. The van der Waals surface area contributed by atoms with Crippen molar-refractivity contribution in [1.82, 2.24) is 5.32 Å². The molecule has 0 heterocycles. The fourth-order valence-electron chi connectivity index (χ4n) is 1.42. The van der Waals surface area contributed by atoms with E-state index in [4.69, 9.17) is 26.8 Å². The van der Waals surface area contributed by atoms with Crippen molar-refractivity contribution in [2.24, 2.45) is 0 Å². The van der Waals surface area contributed by atoms with Gasteiger partial charge in [0.25, 0.3) is 5.91 Å². The summed E-state index contributed by atoms with van der Waals surface area (Å²) in [5.41, 5.74) is 5.83. The molecular weight excluding hydrogens is 316 g/mol. The Balaban J connectivity index is 2.68. The summed E-state index contributed by atoms with van der Waals surface area (Å²) in [6.07, 6.45) is -0.920. The van der Waals surface area contributed by atoms with Crippen LogP contribution in [0.15, 0.2) is 12.1 Å². The van der Waals surface area contributed by atoms with Crippen molar-refractivity contribution in [3.8, 4) is 5.75 Å². The summed E-state index contributed by atoms with van der Waals surface area (Å²) in [6.45, 7) is 1.03. The van der Waals surface area contributed by atoms with E-state index < -0.39 is 24.6 Å². The molecule has 120 valence electrons.